The van der Waals surface area contributed by atoms with Gasteiger partial charge in [-0.25, -0.2) is 4.39 Å². The molecule has 0 heterocycles. The highest BCUT2D eigenvalue weighted by Gasteiger charge is 2.31. The number of aliphatic hydroxyl groups is 1. The number of hydrogen-bond acceptors (Lipinski definition) is 3. The molecule has 3 N–H and O–H groups in total. The molecule has 0 bridgehead atoms. The maximum atomic E-state index is 13.5. The fourth-order valence-electron chi connectivity index (χ4n) is 2.54. The topological polar surface area (TPSA) is 78.4 Å². The van der Waals surface area contributed by atoms with Crippen molar-refractivity contribution in [1.29, 1.82) is 0 Å². The molecule has 0 radical (unpaired) electrons. The number of hydrogen-bond donors (Lipinski definition) is 3. The molecule has 0 saturated heterocycles. The molecule has 132 valence electrons. The molecule has 1 saturated carbocycles. The Kier molecular flexibility index (Phi) is 5.43. The van der Waals surface area contributed by atoms with Crippen molar-refractivity contribution in [3.8, 4) is 0 Å². The Hall–Kier alpha value is -2.16. The summed E-state index contributed by atoms with van der Waals surface area (Å²) < 4.78 is 51.3. The second-order valence-corrected chi connectivity index (χ2v) is 5.61. The molecule has 1 aromatic rings. The van der Waals surface area contributed by atoms with Gasteiger partial charge in [0.1, 0.15) is 5.82 Å². The summed E-state index contributed by atoms with van der Waals surface area (Å²) in [5.41, 5.74) is -1.88. The monoisotopic (exact) mass is 348 g/mol. The minimum Gasteiger partial charge on any atom is -0.393 e. The van der Waals surface area contributed by atoms with E-state index in [4.69, 9.17) is 0 Å². The Morgan fingerprint density at radius 3 is 2.50 bits per heavy atom. The number of benzene rings is 1. The van der Waals surface area contributed by atoms with E-state index in [1.54, 1.807) is 0 Å². The Labute approximate surface area is 135 Å². The Morgan fingerprint density at radius 2 is 1.92 bits per heavy atom. The molecule has 0 spiro atoms. The number of amides is 2. The molecule has 5 nitrogen and oxygen atoms in total. The average molecular weight is 348 g/mol. The molecule has 2 rings (SSSR count). The van der Waals surface area contributed by atoms with Gasteiger partial charge in [0.2, 0.25) is 0 Å². The smallest absolute Gasteiger partial charge is 0.393 e. The first-order chi connectivity index (χ1) is 11.2. The van der Waals surface area contributed by atoms with Crippen molar-refractivity contribution in [3.05, 3.63) is 29.6 Å². The zero-order chi connectivity index (χ0) is 17.9. The van der Waals surface area contributed by atoms with Gasteiger partial charge < -0.3 is 15.7 Å². The van der Waals surface area contributed by atoms with Crippen LogP contribution in [-0.2, 0) is 15.8 Å². The van der Waals surface area contributed by atoms with Gasteiger partial charge in [-0.05, 0) is 31.0 Å². The van der Waals surface area contributed by atoms with Gasteiger partial charge in [0.05, 0.1) is 17.4 Å². The number of carbonyl (C=O) groups excluding carboxylic acids is 2. The van der Waals surface area contributed by atoms with Gasteiger partial charge in [0, 0.05) is 12.5 Å². The van der Waals surface area contributed by atoms with Crippen LogP contribution in [0, 0.1) is 11.7 Å². The van der Waals surface area contributed by atoms with Crippen LogP contribution in [0.2, 0.25) is 0 Å². The van der Waals surface area contributed by atoms with E-state index in [1.165, 1.54) is 0 Å². The molecule has 2 amide bonds. The molecule has 2 unspecified atom stereocenters. The molecule has 24 heavy (non-hydrogen) atoms. The Bertz CT molecular complexity index is 634. The highest BCUT2D eigenvalue weighted by atomic mass is 19.4. The first-order valence-electron chi connectivity index (χ1n) is 7.32. The summed E-state index contributed by atoms with van der Waals surface area (Å²) in [5.74, 6) is -3.64. The van der Waals surface area contributed by atoms with E-state index in [2.05, 4.69) is 5.32 Å². The SMILES string of the molecule is O=C(NCC1CCCC1O)C(=O)Nc1cc(C(F)(F)F)ccc1F. The van der Waals surface area contributed by atoms with Crippen molar-refractivity contribution in [2.75, 3.05) is 11.9 Å². The number of nitrogens with one attached hydrogen (secondary N) is 2. The van der Waals surface area contributed by atoms with Crippen molar-refractivity contribution in [2.45, 2.75) is 31.5 Å². The van der Waals surface area contributed by atoms with Crippen LogP contribution in [0.4, 0.5) is 23.2 Å². The summed E-state index contributed by atoms with van der Waals surface area (Å²) in [6, 6.07) is 1.51. The van der Waals surface area contributed by atoms with Gasteiger partial charge in [-0.15, -0.1) is 0 Å². The van der Waals surface area contributed by atoms with Gasteiger partial charge in [0.15, 0.2) is 0 Å². The standard InChI is InChI=1S/C15H16F4N2O3/c16-10-5-4-9(15(17,18)19)6-11(10)21-14(24)13(23)20-7-8-2-1-3-12(8)22/h4-6,8,12,22H,1-3,7H2,(H,20,23)(H,21,24). The van der Waals surface area contributed by atoms with E-state index in [9.17, 15) is 32.3 Å². The molecular weight excluding hydrogens is 332 g/mol. The van der Waals surface area contributed by atoms with Crippen molar-refractivity contribution in [2.24, 2.45) is 5.92 Å². The first-order valence-corrected chi connectivity index (χ1v) is 7.32. The van der Waals surface area contributed by atoms with Crippen LogP contribution in [0.15, 0.2) is 18.2 Å². The second-order valence-electron chi connectivity index (χ2n) is 5.61. The third-order valence-electron chi connectivity index (χ3n) is 3.89. The Balaban J connectivity index is 1.97. The summed E-state index contributed by atoms with van der Waals surface area (Å²) in [6.07, 6.45) is -3.14. The second kappa shape index (κ2) is 7.16. The van der Waals surface area contributed by atoms with E-state index in [-0.39, 0.29) is 12.5 Å². The molecule has 9 heteroatoms. The van der Waals surface area contributed by atoms with Crippen LogP contribution in [-0.4, -0.2) is 29.6 Å². The minimum atomic E-state index is -4.70. The van der Waals surface area contributed by atoms with E-state index in [0.29, 0.717) is 31.0 Å². The molecular formula is C15H16F4N2O3. The molecule has 2 atom stereocenters. The maximum absolute atomic E-state index is 13.5. The number of aliphatic hydroxyl groups excluding tert-OH is 1. The zero-order valence-electron chi connectivity index (χ0n) is 12.5. The molecule has 1 aromatic carbocycles. The van der Waals surface area contributed by atoms with Crippen molar-refractivity contribution < 1.29 is 32.3 Å². The van der Waals surface area contributed by atoms with Crippen LogP contribution in [0.25, 0.3) is 0 Å². The number of carbonyl (C=O) groups is 2. The third-order valence-corrected chi connectivity index (χ3v) is 3.89. The maximum Gasteiger partial charge on any atom is 0.416 e. The van der Waals surface area contributed by atoms with Crippen molar-refractivity contribution in [1.82, 2.24) is 5.32 Å². The van der Waals surface area contributed by atoms with Crippen LogP contribution < -0.4 is 10.6 Å². The van der Waals surface area contributed by atoms with E-state index in [1.807, 2.05) is 5.32 Å². The fourth-order valence-corrected chi connectivity index (χ4v) is 2.54. The van der Waals surface area contributed by atoms with E-state index < -0.39 is 41.2 Å². The molecule has 1 fully saturated rings. The van der Waals surface area contributed by atoms with Crippen LogP contribution in [0.5, 0.6) is 0 Å². The van der Waals surface area contributed by atoms with Gasteiger partial charge >= 0.3 is 18.0 Å². The third kappa shape index (κ3) is 4.44. The Morgan fingerprint density at radius 1 is 1.21 bits per heavy atom. The van der Waals surface area contributed by atoms with Gasteiger partial charge in [-0.1, -0.05) is 6.42 Å². The molecule has 1 aliphatic carbocycles. The zero-order valence-corrected chi connectivity index (χ0v) is 12.5. The largest absolute Gasteiger partial charge is 0.416 e. The van der Waals surface area contributed by atoms with Crippen molar-refractivity contribution >= 4 is 17.5 Å². The van der Waals surface area contributed by atoms with Crippen molar-refractivity contribution in [3.63, 3.8) is 0 Å². The predicted molar refractivity (Wildman–Crippen MR) is 76.4 cm³/mol. The van der Waals surface area contributed by atoms with Crippen LogP contribution >= 0.6 is 0 Å². The summed E-state index contributed by atoms with van der Waals surface area (Å²) in [5, 5.41) is 13.7. The highest BCUT2D eigenvalue weighted by molar-refractivity contribution is 6.39. The number of anilines is 1. The quantitative estimate of drug-likeness (QED) is 0.578. The normalized spacial score (nSPS) is 20.7. The van der Waals surface area contributed by atoms with Gasteiger partial charge in [-0.3, -0.25) is 9.59 Å². The van der Waals surface area contributed by atoms with E-state index >= 15 is 0 Å². The number of alkyl halides is 3. The number of halogens is 4. The molecule has 1 aliphatic rings. The van der Waals surface area contributed by atoms with E-state index in [0.717, 1.165) is 6.42 Å². The summed E-state index contributed by atoms with van der Waals surface area (Å²) in [6.45, 7) is 0.0679. The lowest BCUT2D eigenvalue weighted by Gasteiger charge is -2.15. The summed E-state index contributed by atoms with van der Waals surface area (Å²) in [7, 11) is 0. The average Bonchev–Trinajstić information content (AvgIpc) is 2.91. The summed E-state index contributed by atoms with van der Waals surface area (Å²) in [4.78, 5) is 23.3. The molecule has 0 aliphatic heterocycles. The number of rotatable bonds is 3. The van der Waals surface area contributed by atoms with Gasteiger partial charge in [0.25, 0.3) is 0 Å². The van der Waals surface area contributed by atoms with Crippen LogP contribution in [0.1, 0.15) is 24.8 Å². The minimum absolute atomic E-state index is 0.0679. The lowest BCUT2D eigenvalue weighted by molar-refractivity contribution is -0.137. The first kappa shape index (κ1) is 18.2. The molecule has 0 aromatic heterocycles. The lowest BCUT2D eigenvalue weighted by Crippen LogP contribution is -2.39. The van der Waals surface area contributed by atoms with Crippen LogP contribution in [0.3, 0.4) is 0 Å². The lowest BCUT2D eigenvalue weighted by atomic mass is 10.1. The fraction of sp³-hybridized carbons (Fsp3) is 0.467. The van der Waals surface area contributed by atoms with Gasteiger partial charge in [-0.2, -0.15) is 13.2 Å². The summed E-state index contributed by atoms with van der Waals surface area (Å²) >= 11 is 0. The highest BCUT2D eigenvalue weighted by Crippen LogP contribution is 2.31. The predicted octanol–water partition coefficient (Wildman–Crippen LogP) is 2.06.